The zero-order valence-electron chi connectivity index (χ0n) is 13.6. The lowest BCUT2D eigenvalue weighted by atomic mass is 10.0. The summed E-state index contributed by atoms with van der Waals surface area (Å²) in [6.45, 7) is 6.06. The number of rotatable bonds is 7. The lowest BCUT2D eigenvalue weighted by Gasteiger charge is -2.35. The molecule has 1 aliphatic heterocycles. The molecule has 1 atom stereocenters. The van der Waals surface area contributed by atoms with Gasteiger partial charge in [-0.1, -0.05) is 0 Å². The molecule has 2 N–H and O–H groups in total. The van der Waals surface area contributed by atoms with Crippen molar-refractivity contribution in [2.45, 2.75) is 44.7 Å². The van der Waals surface area contributed by atoms with Gasteiger partial charge in [-0.25, -0.2) is 0 Å². The molecule has 0 aliphatic carbocycles. The molecule has 0 aromatic carbocycles. The summed E-state index contributed by atoms with van der Waals surface area (Å²) in [5, 5.41) is 0. The highest BCUT2D eigenvalue weighted by molar-refractivity contribution is 5.75. The normalized spacial score (nSPS) is 19.3. The first-order valence-electron chi connectivity index (χ1n) is 7.78. The number of likely N-dealkylation sites (N-methyl/N-ethyl adjacent to an activating group) is 2. The van der Waals surface area contributed by atoms with Crippen LogP contribution in [0, 0.1) is 0 Å². The van der Waals surface area contributed by atoms with E-state index in [1.807, 2.05) is 18.9 Å². The van der Waals surface area contributed by atoms with Gasteiger partial charge in [0.25, 0.3) is 0 Å². The van der Waals surface area contributed by atoms with Crippen LogP contribution in [0.1, 0.15) is 32.6 Å². The molecular formula is C15H32N4O. The van der Waals surface area contributed by atoms with E-state index in [0.717, 1.165) is 19.5 Å². The Balaban J connectivity index is 2.22. The minimum atomic E-state index is 0.106. The molecule has 1 aliphatic rings. The van der Waals surface area contributed by atoms with Gasteiger partial charge in [0.15, 0.2) is 0 Å². The van der Waals surface area contributed by atoms with Crippen LogP contribution in [0.5, 0.6) is 0 Å². The molecule has 0 aromatic heterocycles. The average Bonchev–Trinajstić information content (AvgIpc) is 2.42. The van der Waals surface area contributed by atoms with Crippen molar-refractivity contribution in [3.8, 4) is 0 Å². The molecule has 1 fully saturated rings. The molecule has 1 saturated heterocycles. The maximum Gasteiger partial charge on any atom is 0.222 e. The Morgan fingerprint density at radius 1 is 1.30 bits per heavy atom. The lowest BCUT2D eigenvalue weighted by Crippen LogP contribution is -2.44. The van der Waals surface area contributed by atoms with Crippen LogP contribution in [-0.4, -0.2) is 80.0 Å². The van der Waals surface area contributed by atoms with Crippen LogP contribution >= 0.6 is 0 Å². The van der Waals surface area contributed by atoms with Gasteiger partial charge in [0.2, 0.25) is 5.91 Å². The van der Waals surface area contributed by atoms with E-state index in [4.69, 9.17) is 5.73 Å². The molecule has 1 heterocycles. The molecule has 5 nitrogen and oxygen atoms in total. The minimum absolute atomic E-state index is 0.106. The molecule has 0 spiro atoms. The molecule has 20 heavy (non-hydrogen) atoms. The molecule has 0 bridgehead atoms. The summed E-state index contributed by atoms with van der Waals surface area (Å²) in [5.74, 6) is 0.207. The van der Waals surface area contributed by atoms with E-state index < -0.39 is 0 Å². The molecule has 1 unspecified atom stereocenters. The Labute approximate surface area is 124 Å². The maximum atomic E-state index is 11.9. The Bertz CT molecular complexity index is 288. The highest BCUT2D eigenvalue weighted by atomic mass is 16.2. The molecule has 1 rings (SSSR count). The number of carbonyl (C=O) groups excluding carboxylic acids is 1. The van der Waals surface area contributed by atoms with Crippen molar-refractivity contribution < 1.29 is 4.79 Å². The van der Waals surface area contributed by atoms with Crippen molar-refractivity contribution in [3.05, 3.63) is 0 Å². The van der Waals surface area contributed by atoms with E-state index >= 15 is 0 Å². The van der Waals surface area contributed by atoms with E-state index in [1.165, 1.54) is 25.9 Å². The average molecular weight is 284 g/mol. The van der Waals surface area contributed by atoms with Crippen molar-refractivity contribution in [2.75, 3.05) is 47.3 Å². The van der Waals surface area contributed by atoms with E-state index in [2.05, 4.69) is 23.9 Å². The quantitative estimate of drug-likeness (QED) is 0.744. The number of likely N-dealkylation sites (tertiary alicyclic amines) is 1. The largest absolute Gasteiger partial charge is 0.344 e. The Hall–Kier alpha value is -0.650. The van der Waals surface area contributed by atoms with Crippen LogP contribution in [0.25, 0.3) is 0 Å². The number of carbonyl (C=O) groups is 1. The topological polar surface area (TPSA) is 52.8 Å². The molecular weight excluding hydrogens is 252 g/mol. The molecule has 0 aromatic rings. The predicted molar refractivity (Wildman–Crippen MR) is 83.7 cm³/mol. The van der Waals surface area contributed by atoms with Gasteiger partial charge in [0.05, 0.1) is 0 Å². The lowest BCUT2D eigenvalue weighted by molar-refractivity contribution is -0.130. The van der Waals surface area contributed by atoms with Gasteiger partial charge < -0.3 is 20.4 Å². The smallest absolute Gasteiger partial charge is 0.222 e. The summed E-state index contributed by atoms with van der Waals surface area (Å²) in [6.07, 6.45) is 3.80. The molecule has 118 valence electrons. The van der Waals surface area contributed by atoms with E-state index in [0.29, 0.717) is 12.5 Å². The van der Waals surface area contributed by atoms with Gasteiger partial charge in [-0.3, -0.25) is 4.79 Å². The van der Waals surface area contributed by atoms with Gasteiger partial charge in [0.1, 0.15) is 0 Å². The molecule has 0 radical (unpaired) electrons. The van der Waals surface area contributed by atoms with Gasteiger partial charge in [-0.15, -0.1) is 0 Å². The van der Waals surface area contributed by atoms with Crippen molar-refractivity contribution >= 4 is 5.91 Å². The number of hydrogen-bond donors (Lipinski definition) is 1. The minimum Gasteiger partial charge on any atom is -0.344 e. The van der Waals surface area contributed by atoms with Gasteiger partial charge in [-0.2, -0.15) is 0 Å². The Morgan fingerprint density at radius 3 is 2.45 bits per heavy atom. The van der Waals surface area contributed by atoms with Crippen LogP contribution in [0.2, 0.25) is 0 Å². The van der Waals surface area contributed by atoms with Crippen LogP contribution in [-0.2, 0) is 4.79 Å². The Morgan fingerprint density at radius 2 is 1.90 bits per heavy atom. The molecule has 0 saturated carbocycles. The monoisotopic (exact) mass is 284 g/mol. The van der Waals surface area contributed by atoms with Crippen molar-refractivity contribution in [1.82, 2.24) is 14.7 Å². The van der Waals surface area contributed by atoms with Crippen molar-refractivity contribution in [3.63, 3.8) is 0 Å². The van der Waals surface area contributed by atoms with E-state index in [1.54, 1.807) is 0 Å². The number of nitrogens with two attached hydrogens (primary N) is 1. The number of nitrogens with zero attached hydrogens (tertiary/aromatic N) is 3. The fourth-order valence-corrected chi connectivity index (χ4v) is 2.59. The van der Waals surface area contributed by atoms with Crippen LogP contribution in [0.3, 0.4) is 0 Å². The van der Waals surface area contributed by atoms with Crippen LogP contribution in [0.4, 0.5) is 0 Å². The molecule has 5 heteroatoms. The maximum absolute atomic E-state index is 11.9. The first-order valence-corrected chi connectivity index (χ1v) is 7.78. The zero-order valence-corrected chi connectivity index (χ0v) is 13.6. The fourth-order valence-electron chi connectivity index (χ4n) is 2.59. The summed E-state index contributed by atoms with van der Waals surface area (Å²) in [6, 6.07) is 0.771. The Kier molecular flexibility index (Phi) is 7.48. The number of hydrogen-bond acceptors (Lipinski definition) is 4. The standard InChI is InChI=1S/C15H32N4O/c1-13(16)5-6-15(20)19(4)12-11-18(3)14-7-9-17(2)10-8-14/h13-14H,5-12,16H2,1-4H3. The summed E-state index contributed by atoms with van der Waals surface area (Å²) in [5.41, 5.74) is 5.69. The van der Waals surface area contributed by atoms with Gasteiger partial charge >= 0.3 is 0 Å². The summed E-state index contributed by atoms with van der Waals surface area (Å²) in [7, 11) is 6.25. The second kappa shape index (κ2) is 8.60. The van der Waals surface area contributed by atoms with Gasteiger partial charge in [0, 0.05) is 38.6 Å². The second-order valence-corrected chi connectivity index (χ2v) is 6.35. The zero-order chi connectivity index (χ0) is 15.1. The van der Waals surface area contributed by atoms with Crippen LogP contribution < -0.4 is 5.73 Å². The van der Waals surface area contributed by atoms with Crippen LogP contribution in [0.15, 0.2) is 0 Å². The second-order valence-electron chi connectivity index (χ2n) is 6.35. The first kappa shape index (κ1) is 17.4. The SMILES string of the molecule is CC(N)CCC(=O)N(C)CCN(C)C1CCN(C)CC1. The van der Waals surface area contributed by atoms with E-state index in [9.17, 15) is 4.79 Å². The third-order valence-electron chi connectivity index (χ3n) is 4.34. The predicted octanol–water partition coefficient (Wildman–Crippen LogP) is 0.598. The summed E-state index contributed by atoms with van der Waals surface area (Å²) < 4.78 is 0. The van der Waals surface area contributed by atoms with Crippen molar-refractivity contribution in [1.29, 1.82) is 0 Å². The third kappa shape index (κ3) is 6.20. The van der Waals surface area contributed by atoms with Crippen molar-refractivity contribution in [2.24, 2.45) is 5.73 Å². The molecule has 1 amide bonds. The van der Waals surface area contributed by atoms with Gasteiger partial charge in [-0.05, 0) is 53.4 Å². The first-order chi connectivity index (χ1) is 9.40. The third-order valence-corrected chi connectivity index (χ3v) is 4.34. The number of piperidine rings is 1. The fraction of sp³-hybridized carbons (Fsp3) is 0.933. The van der Waals surface area contributed by atoms with E-state index in [-0.39, 0.29) is 11.9 Å². The highest BCUT2D eigenvalue weighted by Crippen LogP contribution is 2.13. The summed E-state index contributed by atoms with van der Waals surface area (Å²) in [4.78, 5) is 18.6. The summed E-state index contributed by atoms with van der Waals surface area (Å²) >= 11 is 0. The highest BCUT2D eigenvalue weighted by Gasteiger charge is 2.20. The number of amides is 1.